The SMILES string of the molecule is C=CC[C@@]1(C)CCC[C@@H]1O. The minimum Gasteiger partial charge on any atom is -0.393 e. The molecule has 0 aromatic carbocycles. The van der Waals surface area contributed by atoms with E-state index in [0.717, 1.165) is 19.3 Å². The van der Waals surface area contributed by atoms with E-state index in [1.54, 1.807) is 0 Å². The van der Waals surface area contributed by atoms with Crippen LogP contribution in [0.5, 0.6) is 0 Å². The van der Waals surface area contributed by atoms with Crippen LogP contribution >= 0.6 is 0 Å². The first-order chi connectivity index (χ1) is 4.69. The quantitative estimate of drug-likeness (QED) is 0.582. The summed E-state index contributed by atoms with van der Waals surface area (Å²) in [6.07, 6.45) is 6.07. The van der Waals surface area contributed by atoms with Gasteiger partial charge in [0.15, 0.2) is 0 Å². The third-order valence-electron chi connectivity index (χ3n) is 2.64. The summed E-state index contributed by atoms with van der Waals surface area (Å²) < 4.78 is 0. The molecule has 1 aliphatic rings. The summed E-state index contributed by atoms with van der Waals surface area (Å²) in [6, 6.07) is 0. The Hall–Kier alpha value is -0.300. The Morgan fingerprint density at radius 3 is 2.90 bits per heavy atom. The van der Waals surface area contributed by atoms with Gasteiger partial charge in [-0.1, -0.05) is 19.4 Å². The van der Waals surface area contributed by atoms with E-state index in [0.29, 0.717) is 0 Å². The molecule has 1 N–H and O–H groups in total. The van der Waals surface area contributed by atoms with Gasteiger partial charge in [0.1, 0.15) is 0 Å². The summed E-state index contributed by atoms with van der Waals surface area (Å²) in [5.74, 6) is 0. The van der Waals surface area contributed by atoms with Crippen LogP contribution in [0.15, 0.2) is 12.7 Å². The molecule has 0 saturated heterocycles. The van der Waals surface area contributed by atoms with Crippen molar-refractivity contribution in [1.82, 2.24) is 0 Å². The van der Waals surface area contributed by atoms with E-state index in [4.69, 9.17) is 0 Å². The van der Waals surface area contributed by atoms with Crippen LogP contribution in [0.3, 0.4) is 0 Å². The number of aliphatic hydroxyl groups excluding tert-OH is 1. The van der Waals surface area contributed by atoms with Gasteiger partial charge in [0.2, 0.25) is 0 Å². The maximum Gasteiger partial charge on any atom is 0.0596 e. The molecule has 58 valence electrons. The minimum atomic E-state index is -0.0921. The maximum absolute atomic E-state index is 9.53. The van der Waals surface area contributed by atoms with Crippen molar-refractivity contribution in [3.8, 4) is 0 Å². The van der Waals surface area contributed by atoms with E-state index >= 15 is 0 Å². The molecule has 1 nitrogen and oxygen atoms in total. The first-order valence-corrected chi connectivity index (χ1v) is 3.98. The Morgan fingerprint density at radius 1 is 1.80 bits per heavy atom. The highest BCUT2D eigenvalue weighted by Crippen LogP contribution is 2.40. The fourth-order valence-electron chi connectivity index (χ4n) is 1.78. The van der Waals surface area contributed by atoms with Crippen LogP contribution in [0.2, 0.25) is 0 Å². The lowest BCUT2D eigenvalue weighted by Gasteiger charge is -2.26. The van der Waals surface area contributed by atoms with Crippen LogP contribution in [0, 0.1) is 5.41 Å². The van der Waals surface area contributed by atoms with Crippen molar-refractivity contribution in [3.05, 3.63) is 12.7 Å². The van der Waals surface area contributed by atoms with Gasteiger partial charge in [0.25, 0.3) is 0 Å². The number of rotatable bonds is 2. The molecule has 0 bridgehead atoms. The second-order valence-electron chi connectivity index (χ2n) is 3.55. The third-order valence-corrected chi connectivity index (χ3v) is 2.64. The Balaban J connectivity index is 2.56. The van der Waals surface area contributed by atoms with Crippen molar-refractivity contribution in [2.75, 3.05) is 0 Å². The summed E-state index contributed by atoms with van der Waals surface area (Å²) >= 11 is 0. The Bertz CT molecular complexity index is 131. The molecule has 0 aromatic heterocycles. The van der Waals surface area contributed by atoms with Gasteiger partial charge in [-0.3, -0.25) is 0 Å². The molecule has 0 aliphatic heterocycles. The third kappa shape index (κ3) is 1.24. The molecule has 1 saturated carbocycles. The van der Waals surface area contributed by atoms with Crippen molar-refractivity contribution in [2.45, 2.75) is 38.7 Å². The van der Waals surface area contributed by atoms with E-state index in [1.807, 2.05) is 6.08 Å². The molecule has 1 rings (SSSR count). The Kier molecular flexibility index (Phi) is 2.14. The van der Waals surface area contributed by atoms with Gasteiger partial charge in [0, 0.05) is 0 Å². The van der Waals surface area contributed by atoms with Gasteiger partial charge in [-0.15, -0.1) is 6.58 Å². The topological polar surface area (TPSA) is 20.2 Å². The molecule has 2 atom stereocenters. The predicted molar refractivity (Wildman–Crippen MR) is 42.8 cm³/mol. The number of hydrogen-bond acceptors (Lipinski definition) is 1. The van der Waals surface area contributed by atoms with E-state index < -0.39 is 0 Å². The average molecular weight is 140 g/mol. The largest absolute Gasteiger partial charge is 0.393 e. The van der Waals surface area contributed by atoms with Crippen molar-refractivity contribution in [2.24, 2.45) is 5.41 Å². The van der Waals surface area contributed by atoms with Gasteiger partial charge in [-0.05, 0) is 24.7 Å². The fourth-order valence-corrected chi connectivity index (χ4v) is 1.78. The smallest absolute Gasteiger partial charge is 0.0596 e. The summed E-state index contributed by atoms with van der Waals surface area (Å²) in [6.45, 7) is 5.84. The lowest BCUT2D eigenvalue weighted by molar-refractivity contribution is 0.0684. The average Bonchev–Trinajstić information content (AvgIpc) is 2.15. The molecule has 0 aromatic rings. The first kappa shape index (κ1) is 7.80. The molecule has 0 radical (unpaired) electrons. The zero-order valence-corrected chi connectivity index (χ0v) is 6.64. The van der Waals surface area contributed by atoms with Crippen LogP contribution in [0.25, 0.3) is 0 Å². The molecule has 1 heteroatoms. The van der Waals surface area contributed by atoms with Gasteiger partial charge in [-0.25, -0.2) is 0 Å². The Morgan fingerprint density at radius 2 is 2.50 bits per heavy atom. The van der Waals surface area contributed by atoms with Crippen LogP contribution in [-0.2, 0) is 0 Å². The van der Waals surface area contributed by atoms with E-state index in [-0.39, 0.29) is 11.5 Å². The molecule has 1 fully saturated rings. The minimum absolute atomic E-state index is 0.0921. The number of allylic oxidation sites excluding steroid dienone is 1. The standard InChI is InChI=1S/C9H16O/c1-3-6-9(2)7-4-5-8(9)10/h3,8,10H,1,4-7H2,2H3/t8-,9-/m0/s1. The van der Waals surface area contributed by atoms with E-state index in [2.05, 4.69) is 13.5 Å². The van der Waals surface area contributed by atoms with Gasteiger partial charge in [0.05, 0.1) is 6.10 Å². The monoisotopic (exact) mass is 140 g/mol. The molecule has 0 amide bonds. The van der Waals surface area contributed by atoms with Gasteiger partial charge in [-0.2, -0.15) is 0 Å². The van der Waals surface area contributed by atoms with Crippen molar-refractivity contribution < 1.29 is 5.11 Å². The lowest BCUT2D eigenvalue weighted by Crippen LogP contribution is -2.25. The van der Waals surface area contributed by atoms with Crippen molar-refractivity contribution >= 4 is 0 Å². The Labute approximate surface area is 62.8 Å². The summed E-state index contributed by atoms with van der Waals surface area (Å²) in [5.41, 5.74) is 0.141. The molecular weight excluding hydrogens is 124 g/mol. The van der Waals surface area contributed by atoms with Crippen molar-refractivity contribution in [3.63, 3.8) is 0 Å². The number of aliphatic hydroxyl groups is 1. The number of hydrogen-bond donors (Lipinski definition) is 1. The predicted octanol–water partition coefficient (Wildman–Crippen LogP) is 2.11. The highest BCUT2D eigenvalue weighted by Gasteiger charge is 2.35. The highest BCUT2D eigenvalue weighted by molar-refractivity contribution is 4.92. The highest BCUT2D eigenvalue weighted by atomic mass is 16.3. The van der Waals surface area contributed by atoms with Gasteiger partial charge < -0.3 is 5.11 Å². The van der Waals surface area contributed by atoms with E-state index in [9.17, 15) is 5.11 Å². The first-order valence-electron chi connectivity index (χ1n) is 3.98. The zero-order chi connectivity index (χ0) is 7.61. The maximum atomic E-state index is 9.53. The van der Waals surface area contributed by atoms with Crippen LogP contribution in [0.1, 0.15) is 32.6 Å². The normalized spacial score (nSPS) is 40.0. The van der Waals surface area contributed by atoms with Crippen molar-refractivity contribution in [1.29, 1.82) is 0 Å². The van der Waals surface area contributed by atoms with E-state index in [1.165, 1.54) is 6.42 Å². The lowest BCUT2D eigenvalue weighted by atomic mass is 9.83. The fraction of sp³-hybridized carbons (Fsp3) is 0.778. The van der Waals surface area contributed by atoms with Crippen LogP contribution in [-0.4, -0.2) is 11.2 Å². The van der Waals surface area contributed by atoms with Gasteiger partial charge >= 0.3 is 0 Å². The second kappa shape index (κ2) is 2.75. The molecule has 1 aliphatic carbocycles. The molecule has 0 unspecified atom stereocenters. The second-order valence-corrected chi connectivity index (χ2v) is 3.55. The summed E-state index contributed by atoms with van der Waals surface area (Å²) in [7, 11) is 0. The van der Waals surface area contributed by atoms with Crippen LogP contribution in [0.4, 0.5) is 0 Å². The van der Waals surface area contributed by atoms with Crippen LogP contribution < -0.4 is 0 Å². The zero-order valence-electron chi connectivity index (χ0n) is 6.64. The molecule has 0 spiro atoms. The summed E-state index contributed by atoms with van der Waals surface area (Å²) in [4.78, 5) is 0. The molecular formula is C9H16O. The summed E-state index contributed by atoms with van der Waals surface area (Å²) in [5, 5.41) is 9.53. The molecule has 0 heterocycles. The molecule has 10 heavy (non-hydrogen) atoms.